The first-order valence-corrected chi connectivity index (χ1v) is 8.87. The van der Waals surface area contributed by atoms with E-state index in [0.717, 1.165) is 12.8 Å². The summed E-state index contributed by atoms with van der Waals surface area (Å²) in [6, 6.07) is 10.3. The van der Waals surface area contributed by atoms with Gasteiger partial charge >= 0.3 is 0 Å². The molecular formula is C18H17BrN4O. The molecule has 4 rings (SSSR count). The molecule has 1 atom stereocenters. The third-order valence-electron chi connectivity index (χ3n) is 4.60. The van der Waals surface area contributed by atoms with Gasteiger partial charge in [-0.2, -0.15) is 5.10 Å². The van der Waals surface area contributed by atoms with Crippen LogP contribution in [0.2, 0.25) is 0 Å². The molecule has 5 nitrogen and oxygen atoms in total. The van der Waals surface area contributed by atoms with Gasteiger partial charge in [-0.05, 0) is 39.9 Å². The second-order valence-electron chi connectivity index (χ2n) is 5.94. The quantitative estimate of drug-likeness (QED) is 0.677. The maximum atomic E-state index is 13.2. The third kappa shape index (κ3) is 2.41. The fourth-order valence-corrected chi connectivity index (χ4v) is 3.90. The Kier molecular flexibility index (Phi) is 3.84. The standard InChI is InChI=1S/C18H17BrN4O/c1-2-15-13-6-4-3-5-12(13)8-10-22(15)18(24)17-14(19)11-23-16(21-17)7-9-20-23/h3-7,9,11,15H,2,8,10H2,1H3. The van der Waals surface area contributed by atoms with Crippen molar-refractivity contribution < 1.29 is 4.79 Å². The molecule has 1 amide bonds. The fraction of sp³-hybridized carbons (Fsp3) is 0.278. The van der Waals surface area contributed by atoms with Crippen LogP contribution in [-0.2, 0) is 6.42 Å². The van der Waals surface area contributed by atoms with Gasteiger partial charge in [0.25, 0.3) is 5.91 Å². The summed E-state index contributed by atoms with van der Waals surface area (Å²) in [5, 5.41) is 4.15. The van der Waals surface area contributed by atoms with E-state index >= 15 is 0 Å². The Bertz CT molecular complexity index is 920. The number of aromatic nitrogens is 3. The average Bonchev–Trinajstić information content (AvgIpc) is 3.06. The molecule has 0 radical (unpaired) electrons. The molecule has 3 heterocycles. The molecule has 1 aliphatic heterocycles. The Morgan fingerprint density at radius 2 is 2.17 bits per heavy atom. The summed E-state index contributed by atoms with van der Waals surface area (Å²) in [7, 11) is 0. The molecule has 0 N–H and O–H groups in total. The molecule has 1 aromatic carbocycles. The third-order valence-corrected chi connectivity index (χ3v) is 5.18. The molecule has 0 fully saturated rings. The van der Waals surface area contributed by atoms with E-state index in [4.69, 9.17) is 0 Å². The highest BCUT2D eigenvalue weighted by Crippen LogP contribution is 2.33. The summed E-state index contributed by atoms with van der Waals surface area (Å²) in [5.74, 6) is -0.0353. The lowest BCUT2D eigenvalue weighted by molar-refractivity contribution is 0.0648. The fourth-order valence-electron chi connectivity index (χ4n) is 3.45. The number of fused-ring (bicyclic) bond motifs is 2. The molecule has 0 saturated heterocycles. The van der Waals surface area contributed by atoms with Crippen LogP contribution in [0.4, 0.5) is 0 Å². The zero-order valence-electron chi connectivity index (χ0n) is 13.3. The zero-order chi connectivity index (χ0) is 16.7. The van der Waals surface area contributed by atoms with Gasteiger partial charge in [-0.1, -0.05) is 31.2 Å². The van der Waals surface area contributed by atoms with Crippen LogP contribution >= 0.6 is 15.9 Å². The van der Waals surface area contributed by atoms with Crippen molar-refractivity contribution >= 4 is 27.5 Å². The highest BCUT2D eigenvalue weighted by molar-refractivity contribution is 9.10. The molecule has 0 aliphatic carbocycles. The highest BCUT2D eigenvalue weighted by atomic mass is 79.9. The number of benzene rings is 1. The van der Waals surface area contributed by atoms with Gasteiger partial charge in [-0.15, -0.1) is 0 Å². The molecule has 0 spiro atoms. The first kappa shape index (κ1) is 15.3. The predicted octanol–water partition coefficient (Wildman–Crippen LogP) is 3.64. The van der Waals surface area contributed by atoms with Gasteiger partial charge in [-0.3, -0.25) is 4.79 Å². The van der Waals surface area contributed by atoms with Crippen LogP contribution < -0.4 is 0 Å². The van der Waals surface area contributed by atoms with Crippen molar-refractivity contribution in [2.45, 2.75) is 25.8 Å². The lowest BCUT2D eigenvalue weighted by Gasteiger charge is -2.37. The SMILES string of the molecule is CCC1c2ccccc2CCN1C(=O)c1nc2ccnn2cc1Br. The van der Waals surface area contributed by atoms with Crippen molar-refractivity contribution in [2.75, 3.05) is 6.54 Å². The Labute approximate surface area is 148 Å². The van der Waals surface area contributed by atoms with Crippen LogP contribution in [0.15, 0.2) is 47.2 Å². The van der Waals surface area contributed by atoms with Crippen LogP contribution in [0.3, 0.4) is 0 Å². The minimum Gasteiger partial charge on any atom is -0.330 e. The molecule has 0 bridgehead atoms. The molecule has 1 unspecified atom stereocenters. The van der Waals surface area contributed by atoms with Crippen LogP contribution in [0.25, 0.3) is 5.65 Å². The van der Waals surface area contributed by atoms with E-state index in [1.165, 1.54) is 11.1 Å². The highest BCUT2D eigenvalue weighted by Gasteiger charge is 2.31. The van der Waals surface area contributed by atoms with Gasteiger partial charge in [0.15, 0.2) is 5.65 Å². The Balaban J connectivity index is 1.74. The summed E-state index contributed by atoms with van der Waals surface area (Å²) in [6.07, 6.45) is 5.23. The maximum Gasteiger partial charge on any atom is 0.274 e. The van der Waals surface area contributed by atoms with Gasteiger partial charge in [-0.25, -0.2) is 9.50 Å². The monoisotopic (exact) mass is 384 g/mol. The minimum absolute atomic E-state index is 0.0353. The van der Waals surface area contributed by atoms with Crippen LogP contribution in [0.5, 0.6) is 0 Å². The minimum atomic E-state index is -0.0353. The molecule has 3 aromatic rings. The number of amides is 1. The summed E-state index contributed by atoms with van der Waals surface area (Å²) >= 11 is 3.47. The molecule has 0 saturated carbocycles. The summed E-state index contributed by atoms with van der Waals surface area (Å²) in [6.45, 7) is 2.84. The smallest absolute Gasteiger partial charge is 0.274 e. The van der Waals surface area contributed by atoms with Crippen molar-refractivity contribution in [3.05, 3.63) is 64.0 Å². The number of carbonyl (C=O) groups excluding carboxylic acids is 1. The van der Waals surface area contributed by atoms with Crippen LogP contribution in [-0.4, -0.2) is 31.9 Å². The van der Waals surface area contributed by atoms with Gasteiger partial charge in [0.1, 0.15) is 5.69 Å². The summed E-state index contributed by atoms with van der Waals surface area (Å²) in [4.78, 5) is 19.6. The van der Waals surface area contributed by atoms with Crippen molar-refractivity contribution in [1.29, 1.82) is 0 Å². The summed E-state index contributed by atoms with van der Waals surface area (Å²) < 4.78 is 2.32. The predicted molar refractivity (Wildman–Crippen MR) is 94.9 cm³/mol. The van der Waals surface area contributed by atoms with E-state index in [9.17, 15) is 4.79 Å². The van der Waals surface area contributed by atoms with Crippen molar-refractivity contribution in [2.24, 2.45) is 0 Å². The largest absolute Gasteiger partial charge is 0.330 e. The first-order chi connectivity index (χ1) is 11.7. The molecule has 2 aromatic heterocycles. The molecule has 6 heteroatoms. The molecule has 1 aliphatic rings. The maximum absolute atomic E-state index is 13.2. The molecule has 24 heavy (non-hydrogen) atoms. The lowest BCUT2D eigenvalue weighted by Crippen LogP contribution is -2.40. The normalized spacial score (nSPS) is 17.1. The van der Waals surface area contributed by atoms with Crippen LogP contribution in [0, 0.1) is 0 Å². The van der Waals surface area contributed by atoms with Gasteiger partial charge in [0.2, 0.25) is 0 Å². The van der Waals surface area contributed by atoms with E-state index in [-0.39, 0.29) is 11.9 Å². The number of nitrogens with zero attached hydrogens (tertiary/aromatic N) is 4. The average molecular weight is 385 g/mol. The zero-order valence-corrected chi connectivity index (χ0v) is 14.9. The molecular weight excluding hydrogens is 368 g/mol. The number of hydrogen-bond donors (Lipinski definition) is 0. The lowest BCUT2D eigenvalue weighted by atomic mass is 9.91. The Hall–Kier alpha value is -2.21. The van der Waals surface area contributed by atoms with E-state index < -0.39 is 0 Å². The van der Waals surface area contributed by atoms with Gasteiger partial charge in [0.05, 0.1) is 16.7 Å². The van der Waals surface area contributed by atoms with Gasteiger partial charge < -0.3 is 4.90 Å². The second-order valence-corrected chi connectivity index (χ2v) is 6.80. The Morgan fingerprint density at radius 3 is 3.00 bits per heavy atom. The number of halogens is 1. The van der Waals surface area contributed by atoms with Crippen LogP contribution in [0.1, 0.15) is 41.0 Å². The second kappa shape index (κ2) is 6.02. The first-order valence-electron chi connectivity index (χ1n) is 8.07. The van der Waals surface area contributed by atoms with E-state index in [2.05, 4.69) is 51.1 Å². The Morgan fingerprint density at radius 1 is 1.33 bits per heavy atom. The number of rotatable bonds is 2. The van der Waals surface area contributed by atoms with E-state index in [0.29, 0.717) is 22.4 Å². The number of carbonyl (C=O) groups is 1. The summed E-state index contributed by atoms with van der Waals surface area (Å²) in [5.41, 5.74) is 3.71. The van der Waals surface area contributed by atoms with Crippen molar-refractivity contribution in [3.8, 4) is 0 Å². The van der Waals surface area contributed by atoms with Crippen molar-refractivity contribution in [3.63, 3.8) is 0 Å². The van der Waals surface area contributed by atoms with Gasteiger partial charge in [0, 0.05) is 18.8 Å². The van der Waals surface area contributed by atoms with E-state index in [1.807, 2.05) is 11.0 Å². The van der Waals surface area contributed by atoms with Crippen molar-refractivity contribution in [1.82, 2.24) is 19.5 Å². The molecule has 122 valence electrons. The van der Waals surface area contributed by atoms with E-state index in [1.54, 1.807) is 23.0 Å². The number of hydrogen-bond acceptors (Lipinski definition) is 3. The topological polar surface area (TPSA) is 50.5 Å².